The van der Waals surface area contributed by atoms with Gasteiger partial charge < -0.3 is 9.88 Å². The monoisotopic (exact) mass is 511 g/mol. The van der Waals surface area contributed by atoms with Gasteiger partial charge in [-0.05, 0) is 48.7 Å². The van der Waals surface area contributed by atoms with Crippen molar-refractivity contribution in [3.05, 3.63) is 82.9 Å². The molecule has 2 heterocycles. The summed E-state index contributed by atoms with van der Waals surface area (Å²) in [7, 11) is -3.20. The van der Waals surface area contributed by atoms with Crippen molar-refractivity contribution in [1.29, 1.82) is 5.26 Å². The number of nitrogens with one attached hydrogen (secondary N) is 1. The van der Waals surface area contributed by atoms with E-state index in [-0.39, 0.29) is 30.3 Å². The molecule has 1 aliphatic rings. The molecular formula is C25H26ClN5O3S. The smallest absolute Gasteiger partial charge is 0.241 e. The summed E-state index contributed by atoms with van der Waals surface area (Å²) in [5.74, 6) is -0.0783. The highest BCUT2D eigenvalue weighted by atomic mass is 35.5. The predicted octanol–water partition coefficient (Wildman–Crippen LogP) is 3.37. The molecule has 1 amide bonds. The van der Waals surface area contributed by atoms with Crippen molar-refractivity contribution in [3.8, 4) is 6.07 Å². The molecule has 2 unspecified atom stereocenters. The third kappa shape index (κ3) is 6.28. The van der Waals surface area contributed by atoms with Gasteiger partial charge in [0, 0.05) is 35.7 Å². The predicted molar refractivity (Wildman–Crippen MR) is 135 cm³/mol. The number of halogens is 1. The average Bonchev–Trinajstić information content (AvgIpc) is 3.36. The summed E-state index contributed by atoms with van der Waals surface area (Å²) in [4.78, 5) is 24.4. The number of nitriles is 1. The molecule has 1 saturated heterocycles. The second-order valence-electron chi connectivity index (χ2n) is 8.76. The van der Waals surface area contributed by atoms with Crippen molar-refractivity contribution in [2.45, 2.75) is 24.9 Å². The standard InChI is InChI=1S/C25H26ClN5O3S/c1-35(33,34)10-9-22-15-31(21-4-2-3-20(26)12-21)25(32)16-30(22)24(23-14-28-17-29-23)11-18-5-7-19(13-27)8-6-18/h2-8,12,14,17,22,24H,9-11,15-16H2,1H3,(H,28,29). The Balaban J connectivity index is 1.67. The zero-order valence-electron chi connectivity index (χ0n) is 19.3. The molecular weight excluding hydrogens is 486 g/mol. The third-order valence-electron chi connectivity index (χ3n) is 6.21. The van der Waals surface area contributed by atoms with E-state index >= 15 is 0 Å². The number of carbonyl (C=O) groups is 1. The summed E-state index contributed by atoms with van der Waals surface area (Å²) in [5.41, 5.74) is 3.10. The Labute approximate surface area is 210 Å². The van der Waals surface area contributed by atoms with Crippen molar-refractivity contribution in [3.63, 3.8) is 0 Å². The van der Waals surface area contributed by atoms with E-state index in [9.17, 15) is 13.2 Å². The Morgan fingerprint density at radius 3 is 2.66 bits per heavy atom. The van der Waals surface area contributed by atoms with E-state index in [4.69, 9.17) is 16.9 Å². The largest absolute Gasteiger partial charge is 0.347 e. The van der Waals surface area contributed by atoms with Crippen LogP contribution in [0.2, 0.25) is 5.02 Å². The van der Waals surface area contributed by atoms with Crippen LogP contribution in [0.3, 0.4) is 0 Å². The topological polar surface area (TPSA) is 110 Å². The highest BCUT2D eigenvalue weighted by Gasteiger charge is 2.38. The number of H-pyrrole nitrogens is 1. The molecule has 8 nitrogen and oxygen atoms in total. The van der Waals surface area contributed by atoms with Crippen molar-refractivity contribution in [2.75, 3.05) is 30.0 Å². The number of rotatable bonds is 8. The van der Waals surface area contributed by atoms with Gasteiger partial charge in [-0.3, -0.25) is 9.69 Å². The minimum absolute atomic E-state index is 0.0122. The number of aromatic nitrogens is 2. The van der Waals surface area contributed by atoms with Gasteiger partial charge in [-0.25, -0.2) is 13.4 Å². The van der Waals surface area contributed by atoms with Crippen LogP contribution < -0.4 is 4.90 Å². The molecule has 10 heteroatoms. The number of aromatic amines is 1. The van der Waals surface area contributed by atoms with Crippen LogP contribution in [0, 0.1) is 11.3 Å². The van der Waals surface area contributed by atoms with E-state index in [0.29, 0.717) is 35.7 Å². The number of anilines is 1. The minimum atomic E-state index is -3.20. The molecule has 2 aromatic carbocycles. The second-order valence-corrected chi connectivity index (χ2v) is 11.5. The Bertz CT molecular complexity index is 1320. The number of nitrogens with zero attached hydrogens (tertiary/aromatic N) is 4. The van der Waals surface area contributed by atoms with Gasteiger partial charge in [0.2, 0.25) is 5.91 Å². The Hall–Kier alpha value is -3.19. The highest BCUT2D eigenvalue weighted by molar-refractivity contribution is 7.90. The Morgan fingerprint density at radius 1 is 1.26 bits per heavy atom. The molecule has 2 atom stereocenters. The first-order chi connectivity index (χ1) is 16.7. The molecule has 182 valence electrons. The molecule has 4 rings (SSSR count). The van der Waals surface area contributed by atoms with Gasteiger partial charge in [0.15, 0.2) is 0 Å². The van der Waals surface area contributed by atoms with Crippen LogP contribution in [-0.4, -0.2) is 60.3 Å². The van der Waals surface area contributed by atoms with Crippen LogP contribution in [0.4, 0.5) is 5.69 Å². The Morgan fingerprint density at radius 2 is 2.03 bits per heavy atom. The molecule has 0 bridgehead atoms. The number of carbonyl (C=O) groups excluding carboxylic acids is 1. The summed E-state index contributed by atoms with van der Waals surface area (Å²) in [6, 6.07) is 16.1. The maximum Gasteiger partial charge on any atom is 0.241 e. The summed E-state index contributed by atoms with van der Waals surface area (Å²) in [5, 5.41) is 9.65. The number of imidazole rings is 1. The lowest BCUT2D eigenvalue weighted by Crippen LogP contribution is -2.58. The highest BCUT2D eigenvalue weighted by Crippen LogP contribution is 2.32. The number of hydrogen-bond donors (Lipinski definition) is 1. The summed E-state index contributed by atoms with van der Waals surface area (Å²) in [6.45, 7) is 0.452. The van der Waals surface area contributed by atoms with Crippen LogP contribution >= 0.6 is 11.6 Å². The van der Waals surface area contributed by atoms with E-state index < -0.39 is 9.84 Å². The van der Waals surface area contributed by atoms with Crippen LogP contribution in [-0.2, 0) is 21.1 Å². The fourth-order valence-electron chi connectivity index (χ4n) is 4.45. The van der Waals surface area contributed by atoms with Crippen LogP contribution in [0.25, 0.3) is 0 Å². The molecule has 1 aromatic heterocycles. The third-order valence-corrected chi connectivity index (χ3v) is 7.43. The molecule has 3 aromatic rings. The van der Waals surface area contributed by atoms with E-state index in [1.165, 1.54) is 6.26 Å². The van der Waals surface area contributed by atoms with Crippen LogP contribution in [0.1, 0.15) is 29.3 Å². The zero-order chi connectivity index (χ0) is 25.0. The minimum Gasteiger partial charge on any atom is -0.347 e. The van der Waals surface area contributed by atoms with Crippen molar-refractivity contribution in [1.82, 2.24) is 14.9 Å². The first-order valence-electron chi connectivity index (χ1n) is 11.2. The van der Waals surface area contributed by atoms with E-state index in [0.717, 1.165) is 11.3 Å². The zero-order valence-corrected chi connectivity index (χ0v) is 20.8. The molecule has 0 spiro atoms. The van der Waals surface area contributed by atoms with Gasteiger partial charge in [0.25, 0.3) is 0 Å². The van der Waals surface area contributed by atoms with E-state index in [1.807, 2.05) is 18.2 Å². The molecule has 35 heavy (non-hydrogen) atoms. The Kier molecular flexibility index (Phi) is 7.55. The van der Waals surface area contributed by atoms with E-state index in [1.54, 1.807) is 47.8 Å². The van der Waals surface area contributed by atoms with Gasteiger partial charge in [0.05, 0.1) is 42.0 Å². The molecule has 1 N–H and O–H groups in total. The van der Waals surface area contributed by atoms with Crippen LogP contribution in [0.15, 0.2) is 61.1 Å². The quantitative estimate of drug-likeness (QED) is 0.496. The van der Waals surface area contributed by atoms with Crippen LogP contribution in [0.5, 0.6) is 0 Å². The first kappa shape index (κ1) is 24.9. The number of amides is 1. The molecule has 0 radical (unpaired) electrons. The number of benzene rings is 2. The SMILES string of the molecule is CS(=O)(=O)CCC1CN(c2cccc(Cl)c2)C(=O)CN1C(Cc1ccc(C#N)cc1)c1cnc[nH]1. The maximum absolute atomic E-state index is 13.3. The molecule has 1 fully saturated rings. The normalized spacial score (nSPS) is 17.8. The van der Waals surface area contributed by atoms with Gasteiger partial charge in [-0.15, -0.1) is 0 Å². The van der Waals surface area contributed by atoms with E-state index in [2.05, 4.69) is 20.9 Å². The van der Waals surface area contributed by atoms with Crippen molar-refractivity contribution < 1.29 is 13.2 Å². The number of hydrogen-bond acceptors (Lipinski definition) is 6. The summed E-state index contributed by atoms with van der Waals surface area (Å²) >= 11 is 6.17. The number of sulfone groups is 1. The second kappa shape index (κ2) is 10.6. The van der Waals surface area contributed by atoms with Gasteiger partial charge >= 0.3 is 0 Å². The fraction of sp³-hybridized carbons (Fsp3) is 0.320. The van der Waals surface area contributed by atoms with Gasteiger partial charge in [-0.1, -0.05) is 29.8 Å². The van der Waals surface area contributed by atoms with Gasteiger partial charge in [0.1, 0.15) is 9.84 Å². The lowest BCUT2D eigenvalue weighted by molar-refractivity contribution is -0.123. The first-order valence-corrected chi connectivity index (χ1v) is 13.6. The van der Waals surface area contributed by atoms with Crippen molar-refractivity contribution >= 4 is 33.0 Å². The number of piperazine rings is 1. The summed E-state index contributed by atoms with van der Waals surface area (Å²) in [6.07, 6.45) is 5.49. The molecule has 0 saturated carbocycles. The summed E-state index contributed by atoms with van der Waals surface area (Å²) < 4.78 is 24.1. The van der Waals surface area contributed by atoms with Crippen molar-refractivity contribution in [2.24, 2.45) is 0 Å². The lowest BCUT2D eigenvalue weighted by atomic mass is 9.97. The average molecular weight is 512 g/mol. The lowest BCUT2D eigenvalue weighted by Gasteiger charge is -2.44. The fourth-order valence-corrected chi connectivity index (χ4v) is 5.33. The molecule has 1 aliphatic heterocycles. The van der Waals surface area contributed by atoms with Gasteiger partial charge in [-0.2, -0.15) is 5.26 Å². The maximum atomic E-state index is 13.3. The molecule has 0 aliphatic carbocycles.